The summed E-state index contributed by atoms with van der Waals surface area (Å²) < 4.78 is 5.48. The zero-order valence-corrected chi connectivity index (χ0v) is 31.7. The van der Waals surface area contributed by atoms with E-state index in [1.54, 1.807) is 11.0 Å². The number of anilines is 3. The number of ether oxygens (including phenoxy) is 1. The van der Waals surface area contributed by atoms with Crippen LogP contribution in [0, 0.1) is 0 Å². The second-order valence-corrected chi connectivity index (χ2v) is 15.7. The van der Waals surface area contributed by atoms with Gasteiger partial charge in [0.1, 0.15) is 11.6 Å². The van der Waals surface area contributed by atoms with Crippen molar-refractivity contribution >= 4 is 41.3 Å². The van der Waals surface area contributed by atoms with E-state index in [2.05, 4.69) is 31.7 Å². The van der Waals surface area contributed by atoms with Crippen LogP contribution in [0.5, 0.6) is 0 Å². The summed E-state index contributed by atoms with van der Waals surface area (Å²) in [7, 11) is 0. The molecule has 3 aromatic rings. The zero-order chi connectivity index (χ0) is 37.4. The molecule has 8 rings (SSSR count). The summed E-state index contributed by atoms with van der Waals surface area (Å²) in [5.41, 5.74) is 6.68. The number of aldehydes is 1. The van der Waals surface area contributed by atoms with Gasteiger partial charge in [0, 0.05) is 55.7 Å². The fraction of sp³-hybridized carbons (Fsp3) is 0.600. The number of H-pyrrole nitrogens is 3. The van der Waals surface area contributed by atoms with Crippen LogP contribution >= 0.6 is 0 Å². The smallest absolute Gasteiger partial charge is 0.410 e. The monoisotopic (exact) mass is 730 g/mol. The molecule has 8 heterocycles. The van der Waals surface area contributed by atoms with Gasteiger partial charge in [-0.25, -0.2) is 4.79 Å². The molecule has 0 bridgehead atoms. The van der Waals surface area contributed by atoms with E-state index in [9.17, 15) is 19.2 Å². The highest BCUT2D eigenvalue weighted by Gasteiger charge is 2.40. The largest absolute Gasteiger partial charge is 0.444 e. The van der Waals surface area contributed by atoms with E-state index < -0.39 is 11.6 Å². The van der Waals surface area contributed by atoms with Gasteiger partial charge in [0.15, 0.2) is 6.29 Å². The van der Waals surface area contributed by atoms with Gasteiger partial charge in [-0.15, -0.1) is 0 Å². The lowest BCUT2D eigenvalue weighted by molar-refractivity contribution is -0.123. The molecule has 0 spiro atoms. The standard InChI is InChI=1S/C18H27N3O3.C14H19N3O2.C8H12N2/c1-18(2,3)24-17(23)21-12-6-8-15(21)16(22)20-11-5-4-7-13-14(20)9-10-19-13;18-9-10-8-13-11(16-10)4-1-2-7-17(13)14(19)12-5-3-6-15-12;1-2-5-9-8-4-6-10-7(8)3-1/h9-10,15,19H,4-8,11-12H2,1-3H3;8-9,12,15-16H,1-7H2;4,6,9-10H,1-3,5H2/t15-;12-;/m00./s1. The van der Waals surface area contributed by atoms with Gasteiger partial charge in [-0.05, 0) is 129 Å². The molecule has 5 N–H and O–H groups in total. The first-order valence-corrected chi connectivity index (χ1v) is 19.7. The Morgan fingerprint density at radius 1 is 0.755 bits per heavy atom. The average molecular weight is 731 g/mol. The van der Waals surface area contributed by atoms with Crippen LogP contribution in [0.2, 0.25) is 0 Å². The Bertz CT molecular complexity index is 1680. The van der Waals surface area contributed by atoms with Crippen molar-refractivity contribution in [3.63, 3.8) is 0 Å². The van der Waals surface area contributed by atoms with E-state index in [0.717, 1.165) is 106 Å². The van der Waals surface area contributed by atoms with Crippen LogP contribution in [-0.2, 0) is 33.6 Å². The highest BCUT2D eigenvalue weighted by atomic mass is 16.6. The summed E-state index contributed by atoms with van der Waals surface area (Å²) >= 11 is 0. The van der Waals surface area contributed by atoms with Crippen LogP contribution in [0.1, 0.15) is 113 Å². The molecular weight excluding hydrogens is 672 g/mol. The van der Waals surface area contributed by atoms with Crippen LogP contribution in [0.4, 0.5) is 21.9 Å². The van der Waals surface area contributed by atoms with Gasteiger partial charge in [0.25, 0.3) is 0 Å². The van der Waals surface area contributed by atoms with Crippen LogP contribution in [0.15, 0.2) is 30.6 Å². The Labute approximate surface area is 313 Å². The lowest BCUT2D eigenvalue weighted by Gasteiger charge is -2.31. The molecule has 2 atom stereocenters. The Balaban J connectivity index is 0.000000147. The molecule has 2 saturated heterocycles. The Morgan fingerprint density at radius 3 is 2.19 bits per heavy atom. The number of likely N-dealkylation sites (tertiary alicyclic amines) is 1. The van der Waals surface area contributed by atoms with Crippen LogP contribution in [0.3, 0.4) is 0 Å². The third kappa shape index (κ3) is 9.54. The number of carbonyl (C=O) groups excluding carboxylic acids is 4. The van der Waals surface area contributed by atoms with Crippen LogP contribution in [0.25, 0.3) is 0 Å². The molecule has 2 fully saturated rings. The molecule has 53 heavy (non-hydrogen) atoms. The van der Waals surface area contributed by atoms with E-state index >= 15 is 0 Å². The summed E-state index contributed by atoms with van der Waals surface area (Å²) in [6.45, 7) is 9.63. The number of aromatic nitrogens is 3. The molecule has 0 aromatic carbocycles. The highest BCUT2D eigenvalue weighted by Crippen LogP contribution is 2.30. The number of hydrogen-bond acceptors (Lipinski definition) is 7. The summed E-state index contributed by atoms with van der Waals surface area (Å²) in [6.07, 6.45) is 17.6. The number of amides is 3. The molecule has 3 aromatic heterocycles. The van der Waals surface area contributed by atoms with Crippen molar-refractivity contribution in [2.24, 2.45) is 0 Å². The van der Waals surface area contributed by atoms with Crippen molar-refractivity contribution in [1.29, 1.82) is 0 Å². The van der Waals surface area contributed by atoms with Gasteiger partial charge in [-0.3, -0.25) is 19.3 Å². The topological polar surface area (TPSA) is 159 Å². The van der Waals surface area contributed by atoms with Gasteiger partial charge >= 0.3 is 6.09 Å². The van der Waals surface area contributed by atoms with Crippen molar-refractivity contribution in [1.82, 2.24) is 25.2 Å². The number of nitrogens with one attached hydrogen (secondary N) is 5. The first-order valence-electron chi connectivity index (χ1n) is 19.7. The minimum absolute atomic E-state index is 0.0149. The summed E-state index contributed by atoms with van der Waals surface area (Å²) in [6, 6.07) is 5.41. The third-order valence-corrected chi connectivity index (χ3v) is 10.6. The Hall–Kier alpha value is -4.52. The summed E-state index contributed by atoms with van der Waals surface area (Å²) in [4.78, 5) is 64.0. The predicted molar refractivity (Wildman–Crippen MR) is 207 cm³/mol. The number of aromatic amines is 3. The van der Waals surface area contributed by atoms with Gasteiger partial charge in [0.05, 0.1) is 28.8 Å². The number of fused-ring (bicyclic) bond motifs is 3. The predicted octanol–water partition coefficient (Wildman–Crippen LogP) is 6.09. The van der Waals surface area contributed by atoms with Crippen molar-refractivity contribution in [3.05, 3.63) is 53.4 Å². The van der Waals surface area contributed by atoms with Gasteiger partial charge in [-0.1, -0.05) is 0 Å². The number of aryl methyl sites for hydroxylation is 3. The third-order valence-electron chi connectivity index (χ3n) is 10.6. The second-order valence-electron chi connectivity index (χ2n) is 15.7. The van der Waals surface area contributed by atoms with Gasteiger partial charge in [-0.2, -0.15) is 0 Å². The lowest BCUT2D eigenvalue weighted by Crippen LogP contribution is -2.49. The Kier molecular flexibility index (Phi) is 12.6. The minimum Gasteiger partial charge on any atom is -0.444 e. The quantitative estimate of drug-likeness (QED) is 0.204. The van der Waals surface area contributed by atoms with Gasteiger partial charge in [0.2, 0.25) is 11.8 Å². The number of carbonyl (C=O) groups is 4. The van der Waals surface area contributed by atoms with Crippen LogP contribution in [-0.4, -0.2) is 94.5 Å². The SMILES string of the molecule is CC(C)(C)OC(=O)N1CCC[C@H]1C(=O)N1CCCCc2[nH]ccc21.O=Cc1cc2c([nH]1)CCCCN2C(=O)[C@@H]1CCCN1.c1cc2c([nH]1)CCCCN2. The lowest BCUT2D eigenvalue weighted by atomic mass is 10.1. The van der Waals surface area contributed by atoms with Crippen molar-refractivity contribution in [2.45, 2.75) is 122 Å². The number of nitrogens with zero attached hydrogens (tertiary/aromatic N) is 3. The maximum Gasteiger partial charge on any atom is 0.410 e. The van der Waals surface area contributed by atoms with Gasteiger partial charge < -0.3 is 40.1 Å². The fourth-order valence-electron chi connectivity index (χ4n) is 7.95. The van der Waals surface area contributed by atoms with Crippen LogP contribution < -0.4 is 20.4 Å². The van der Waals surface area contributed by atoms with E-state index in [1.165, 1.54) is 30.6 Å². The molecule has 13 nitrogen and oxygen atoms in total. The molecule has 13 heteroatoms. The molecule has 0 radical (unpaired) electrons. The van der Waals surface area contributed by atoms with E-state index in [0.29, 0.717) is 25.2 Å². The average Bonchev–Trinajstić information content (AvgIpc) is 3.99. The number of rotatable bonds is 3. The molecule has 5 aliphatic rings. The molecular formula is C40H58N8O5. The zero-order valence-electron chi connectivity index (χ0n) is 31.7. The van der Waals surface area contributed by atoms with E-state index in [1.807, 2.05) is 49.0 Å². The maximum atomic E-state index is 13.2. The van der Waals surface area contributed by atoms with Crippen molar-refractivity contribution in [2.75, 3.05) is 47.8 Å². The fourth-order valence-corrected chi connectivity index (χ4v) is 7.95. The van der Waals surface area contributed by atoms with Crippen molar-refractivity contribution in [3.8, 4) is 0 Å². The molecule has 288 valence electrons. The Morgan fingerprint density at radius 2 is 1.45 bits per heavy atom. The number of hydrogen-bond donors (Lipinski definition) is 5. The molecule has 0 aliphatic carbocycles. The molecule has 3 amide bonds. The van der Waals surface area contributed by atoms with E-state index in [4.69, 9.17) is 4.74 Å². The van der Waals surface area contributed by atoms with E-state index in [-0.39, 0.29) is 23.9 Å². The maximum absolute atomic E-state index is 13.2. The summed E-state index contributed by atoms with van der Waals surface area (Å²) in [5.74, 6) is 0.165. The first-order chi connectivity index (χ1) is 25.6. The molecule has 5 aliphatic heterocycles. The summed E-state index contributed by atoms with van der Waals surface area (Å²) in [5, 5.41) is 6.63. The minimum atomic E-state index is -0.552. The normalized spacial score (nSPS) is 21.2. The second kappa shape index (κ2) is 17.5. The molecule has 0 saturated carbocycles. The first kappa shape index (κ1) is 38.2. The highest BCUT2D eigenvalue weighted by molar-refractivity contribution is 6.00. The molecule has 0 unspecified atom stereocenters. The van der Waals surface area contributed by atoms with Crippen molar-refractivity contribution < 1.29 is 23.9 Å².